The van der Waals surface area contributed by atoms with E-state index in [-0.39, 0.29) is 5.56 Å². The Balaban J connectivity index is 1.82. The van der Waals surface area contributed by atoms with E-state index in [2.05, 4.69) is 26.8 Å². The second-order valence-electron chi connectivity index (χ2n) is 5.05. The molecule has 0 heterocycles. The number of nitrogens with one attached hydrogen (secondary N) is 2. The number of hydrogen-bond acceptors (Lipinski definition) is 3. The normalized spacial score (nSPS) is 11.8. The summed E-state index contributed by atoms with van der Waals surface area (Å²) in [4.78, 5) is 23.6. The molecule has 2 aromatic rings. The van der Waals surface area contributed by atoms with Crippen molar-refractivity contribution < 1.29 is 18.7 Å². The Morgan fingerprint density at radius 3 is 2.64 bits per heavy atom. The Hall–Kier alpha value is -2.67. The minimum absolute atomic E-state index is 0.273. The van der Waals surface area contributed by atoms with Gasteiger partial charge in [0.15, 0.2) is 6.10 Å². The van der Waals surface area contributed by atoms with Crippen LogP contribution in [0.2, 0.25) is 0 Å². The maximum absolute atomic E-state index is 13.4. The Morgan fingerprint density at radius 1 is 1.16 bits per heavy atom. The highest BCUT2D eigenvalue weighted by molar-refractivity contribution is 9.10. The van der Waals surface area contributed by atoms with Gasteiger partial charge in [-0.1, -0.05) is 40.2 Å². The lowest BCUT2D eigenvalue weighted by Crippen LogP contribution is -2.46. The van der Waals surface area contributed by atoms with E-state index in [1.165, 1.54) is 18.2 Å². The average molecular weight is 407 g/mol. The molecule has 130 valence electrons. The van der Waals surface area contributed by atoms with E-state index in [1.807, 2.05) is 6.07 Å². The zero-order chi connectivity index (χ0) is 18.2. The average Bonchev–Trinajstić information content (AvgIpc) is 2.59. The number of amides is 2. The quantitative estimate of drug-likeness (QED) is 0.591. The van der Waals surface area contributed by atoms with Crippen LogP contribution in [0.3, 0.4) is 0 Å². The van der Waals surface area contributed by atoms with Crippen LogP contribution >= 0.6 is 15.9 Å². The smallest absolute Gasteiger partial charge is 0.279 e. The fraction of sp³-hybridized carbons (Fsp3) is 0.111. The van der Waals surface area contributed by atoms with Crippen molar-refractivity contribution in [1.29, 1.82) is 0 Å². The van der Waals surface area contributed by atoms with Crippen LogP contribution in [-0.2, 0) is 9.59 Å². The van der Waals surface area contributed by atoms with Crippen LogP contribution < -0.4 is 15.6 Å². The van der Waals surface area contributed by atoms with Crippen molar-refractivity contribution in [2.45, 2.75) is 13.0 Å². The van der Waals surface area contributed by atoms with Crippen LogP contribution in [0.15, 0.2) is 59.1 Å². The zero-order valence-electron chi connectivity index (χ0n) is 13.3. The lowest BCUT2D eigenvalue weighted by molar-refractivity contribution is -0.131. The first-order valence-corrected chi connectivity index (χ1v) is 8.19. The first kappa shape index (κ1) is 18.7. The molecule has 0 unspecified atom stereocenters. The molecule has 0 aliphatic carbocycles. The summed E-state index contributed by atoms with van der Waals surface area (Å²) in [6.45, 7) is 1.55. The van der Waals surface area contributed by atoms with Crippen molar-refractivity contribution in [1.82, 2.24) is 10.9 Å². The summed E-state index contributed by atoms with van der Waals surface area (Å²) in [5.74, 6) is -1.03. The summed E-state index contributed by atoms with van der Waals surface area (Å²) < 4.78 is 19.7. The standard InChI is InChI=1S/C18H16BrFN2O3/c1-12(25-15-7-4-6-14(19)11-15)18(24)22-21-17(23)10-9-13-5-2-3-8-16(13)20/h2-12H,1H3,(H,21,23)(H,22,24)/b10-9+/t12-/m0/s1. The van der Waals surface area contributed by atoms with Crippen molar-refractivity contribution >= 4 is 33.8 Å². The summed E-state index contributed by atoms with van der Waals surface area (Å²) in [7, 11) is 0. The molecular formula is C18H16BrFN2O3. The van der Waals surface area contributed by atoms with Crippen LogP contribution in [0, 0.1) is 5.82 Å². The molecule has 2 amide bonds. The van der Waals surface area contributed by atoms with Gasteiger partial charge < -0.3 is 4.74 Å². The molecule has 2 N–H and O–H groups in total. The van der Waals surface area contributed by atoms with Crippen molar-refractivity contribution in [3.05, 3.63) is 70.5 Å². The molecule has 0 aromatic heterocycles. The van der Waals surface area contributed by atoms with Gasteiger partial charge in [-0.25, -0.2) is 4.39 Å². The van der Waals surface area contributed by atoms with Crippen molar-refractivity contribution in [2.24, 2.45) is 0 Å². The van der Waals surface area contributed by atoms with Gasteiger partial charge in [0.05, 0.1) is 0 Å². The molecule has 0 fully saturated rings. The first-order chi connectivity index (χ1) is 12.0. The van der Waals surface area contributed by atoms with Gasteiger partial charge in [0.25, 0.3) is 11.8 Å². The third-order valence-corrected chi connectivity index (χ3v) is 3.60. The van der Waals surface area contributed by atoms with Gasteiger partial charge in [-0.15, -0.1) is 0 Å². The van der Waals surface area contributed by atoms with Crippen LogP contribution in [0.1, 0.15) is 12.5 Å². The lowest BCUT2D eigenvalue weighted by atomic mass is 10.2. The second-order valence-corrected chi connectivity index (χ2v) is 5.97. The largest absolute Gasteiger partial charge is 0.481 e. The molecule has 1 atom stereocenters. The third-order valence-electron chi connectivity index (χ3n) is 3.11. The molecule has 0 bridgehead atoms. The highest BCUT2D eigenvalue weighted by Gasteiger charge is 2.15. The molecule has 0 aliphatic rings. The Morgan fingerprint density at radius 2 is 1.92 bits per heavy atom. The summed E-state index contributed by atoms with van der Waals surface area (Å²) in [6.07, 6.45) is 1.63. The number of carbonyl (C=O) groups excluding carboxylic acids is 2. The highest BCUT2D eigenvalue weighted by Crippen LogP contribution is 2.18. The van der Waals surface area contributed by atoms with Crippen LogP contribution in [-0.4, -0.2) is 17.9 Å². The monoisotopic (exact) mass is 406 g/mol. The number of benzene rings is 2. The molecule has 2 rings (SSSR count). The fourth-order valence-electron chi connectivity index (χ4n) is 1.84. The van der Waals surface area contributed by atoms with E-state index in [1.54, 1.807) is 37.3 Å². The maximum Gasteiger partial charge on any atom is 0.279 e. The molecule has 2 aromatic carbocycles. The number of rotatable bonds is 5. The minimum atomic E-state index is -0.815. The van der Waals surface area contributed by atoms with Crippen LogP contribution in [0.5, 0.6) is 5.75 Å². The number of ether oxygens (including phenoxy) is 1. The number of hydrazine groups is 1. The van der Waals surface area contributed by atoms with E-state index in [0.717, 1.165) is 10.5 Å². The van der Waals surface area contributed by atoms with Gasteiger partial charge in [0.2, 0.25) is 0 Å². The van der Waals surface area contributed by atoms with Gasteiger partial charge in [-0.2, -0.15) is 0 Å². The molecule has 7 heteroatoms. The molecular weight excluding hydrogens is 391 g/mol. The third kappa shape index (κ3) is 6.04. The predicted molar refractivity (Wildman–Crippen MR) is 96.0 cm³/mol. The van der Waals surface area contributed by atoms with Gasteiger partial charge in [0, 0.05) is 16.1 Å². The first-order valence-electron chi connectivity index (χ1n) is 7.40. The van der Waals surface area contributed by atoms with E-state index in [4.69, 9.17) is 4.74 Å². The second kappa shape index (κ2) is 8.98. The number of carbonyl (C=O) groups is 2. The number of halogens is 2. The van der Waals surface area contributed by atoms with E-state index < -0.39 is 23.7 Å². The van der Waals surface area contributed by atoms with Gasteiger partial charge in [0.1, 0.15) is 11.6 Å². The van der Waals surface area contributed by atoms with Crippen LogP contribution in [0.4, 0.5) is 4.39 Å². The van der Waals surface area contributed by atoms with Gasteiger partial charge in [-0.05, 0) is 37.3 Å². The SMILES string of the molecule is C[C@H](Oc1cccc(Br)c1)C(=O)NNC(=O)/C=C/c1ccccc1F. The van der Waals surface area contributed by atoms with Gasteiger partial charge in [-0.3, -0.25) is 20.4 Å². The highest BCUT2D eigenvalue weighted by atomic mass is 79.9. The summed E-state index contributed by atoms with van der Waals surface area (Å²) >= 11 is 3.31. The summed E-state index contributed by atoms with van der Waals surface area (Å²) in [6, 6.07) is 13.1. The zero-order valence-corrected chi connectivity index (χ0v) is 14.9. The summed E-state index contributed by atoms with van der Waals surface area (Å²) in [5, 5.41) is 0. The topological polar surface area (TPSA) is 67.4 Å². The van der Waals surface area contributed by atoms with Crippen LogP contribution in [0.25, 0.3) is 6.08 Å². The minimum Gasteiger partial charge on any atom is -0.481 e. The molecule has 0 spiro atoms. The van der Waals surface area contributed by atoms with Gasteiger partial charge >= 0.3 is 0 Å². The van der Waals surface area contributed by atoms with Crippen molar-refractivity contribution in [3.63, 3.8) is 0 Å². The van der Waals surface area contributed by atoms with Crippen molar-refractivity contribution in [3.8, 4) is 5.75 Å². The fourth-order valence-corrected chi connectivity index (χ4v) is 2.22. The summed E-state index contributed by atoms with van der Waals surface area (Å²) in [5.41, 5.74) is 4.73. The Bertz CT molecular complexity index is 795. The van der Waals surface area contributed by atoms with E-state index >= 15 is 0 Å². The Labute approximate surface area is 153 Å². The number of hydrogen-bond donors (Lipinski definition) is 2. The van der Waals surface area contributed by atoms with E-state index in [9.17, 15) is 14.0 Å². The molecule has 0 saturated heterocycles. The molecule has 5 nitrogen and oxygen atoms in total. The lowest BCUT2D eigenvalue weighted by Gasteiger charge is -2.14. The van der Waals surface area contributed by atoms with E-state index in [0.29, 0.717) is 5.75 Å². The predicted octanol–water partition coefficient (Wildman–Crippen LogP) is 3.22. The molecule has 0 aliphatic heterocycles. The maximum atomic E-state index is 13.4. The molecule has 0 saturated carbocycles. The molecule has 25 heavy (non-hydrogen) atoms. The van der Waals surface area contributed by atoms with Crippen molar-refractivity contribution in [2.75, 3.05) is 0 Å². The Kier molecular flexibility index (Phi) is 6.71. The molecule has 0 radical (unpaired) electrons.